The van der Waals surface area contributed by atoms with Crippen molar-refractivity contribution in [1.29, 1.82) is 0 Å². The molecule has 25 nitrogen and oxygen atoms in total. The molecular weight excluding hydrogens is 1430 g/mol. The lowest BCUT2D eigenvalue weighted by Gasteiger charge is -2.25. The molecular formula is C87H108N10O15. The first-order valence-electron chi connectivity index (χ1n) is 37.0. The fraction of sp³-hybridized carbons (Fsp3) is 0.368. The van der Waals surface area contributed by atoms with Gasteiger partial charge in [0, 0.05) is 118 Å². The highest BCUT2D eigenvalue weighted by atomic mass is 16.5. The molecule has 10 aromatic rings. The number of carbonyl (C=O) groups is 4. The summed E-state index contributed by atoms with van der Waals surface area (Å²) in [6, 6.07) is 45.9. The number of hydrogen-bond acceptors (Lipinski definition) is 19. The predicted molar refractivity (Wildman–Crippen MR) is 431 cm³/mol. The number of aromatic nitrogens is 6. The minimum Gasteiger partial charge on any atom is -0.497 e. The first kappa shape index (κ1) is 85.8. The van der Waals surface area contributed by atoms with Gasteiger partial charge in [-0.15, -0.1) is 0 Å². The molecule has 0 atom stereocenters. The second-order valence-corrected chi connectivity index (χ2v) is 27.1. The summed E-state index contributed by atoms with van der Waals surface area (Å²) in [4.78, 5) is 49.0. The first-order valence-corrected chi connectivity index (χ1v) is 37.0. The molecule has 3 aliphatic rings. The van der Waals surface area contributed by atoms with Gasteiger partial charge in [-0.1, -0.05) is 60.7 Å². The average Bonchev–Trinajstić information content (AvgIpc) is 1.62. The maximum absolute atomic E-state index is 13.8. The van der Waals surface area contributed by atoms with Crippen molar-refractivity contribution in [2.75, 3.05) is 71.1 Å². The molecule has 0 saturated heterocycles. The summed E-state index contributed by atoms with van der Waals surface area (Å²) < 4.78 is 57.7. The topological polar surface area (TPSA) is 288 Å². The van der Waals surface area contributed by atoms with Crippen molar-refractivity contribution < 1.29 is 71.7 Å². The second kappa shape index (κ2) is 41.8. The number of ether oxygens (including phenoxy) is 10. The molecule has 5 N–H and O–H groups in total. The van der Waals surface area contributed by atoms with Crippen LogP contribution in [0.2, 0.25) is 0 Å². The number of aryl methyl sites for hydroxylation is 3. The van der Waals surface area contributed by atoms with E-state index in [1.807, 2.05) is 161 Å². The van der Waals surface area contributed by atoms with Gasteiger partial charge in [0.05, 0.1) is 94.7 Å². The maximum Gasteiger partial charge on any atom is 0.354 e. The van der Waals surface area contributed by atoms with Crippen LogP contribution in [-0.2, 0) is 60.4 Å². The number of amides is 2. The Kier molecular flexibility index (Phi) is 32.0. The zero-order valence-electron chi connectivity index (χ0n) is 67.5. The lowest BCUT2D eigenvalue weighted by Crippen LogP contribution is -2.32. The van der Waals surface area contributed by atoms with Crippen LogP contribution >= 0.6 is 0 Å². The van der Waals surface area contributed by atoms with Crippen molar-refractivity contribution in [3.8, 4) is 57.5 Å². The van der Waals surface area contributed by atoms with E-state index in [1.165, 1.54) is 28.7 Å². The number of rotatable bonds is 28. The number of aldehydes is 1. The van der Waals surface area contributed by atoms with E-state index in [2.05, 4.69) is 38.9 Å². The molecule has 596 valence electrons. The zero-order valence-corrected chi connectivity index (χ0v) is 67.5. The maximum atomic E-state index is 13.8. The molecule has 2 amide bonds. The molecule has 7 aromatic carbocycles. The van der Waals surface area contributed by atoms with Gasteiger partial charge in [-0.25, -0.2) is 4.79 Å². The number of nitrogens with zero attached hydrogens (tertiary/aromatic N) is 7. The van der Waals surface area contributed by atoms with E-state index in [0.29, 0.717) is 72.4 Å². The number of carboxylic acids is 1. The smallest absolute Gasteiger partial charge is 0.354 e. The van der Waals surface area contributed by atoms with E-state index < -0.39 is 5.97 Å². The van der Waals surface area contributed by atoms with E-state index in [-0.39, 0.29) is 17.5 Å². The molecule has 3 saturated carbocycles. The summed E-state index contributed by atoms with van der Waals surface area (Å²) in [6.07, 6.45) is 7.77. The molecule has 3 fully saturated rings. The minimum absolute atomic E-state index is 0.0722. The summed E-state index contributed by atoms with van der Waals surface area (Å²) in [7, 11) is 21.7. The van der Waals surface area contributed by atoms with Crippen LogP contribution < -0.4 is 63.7 Å². The standard InChI is InChI=1S/C26H31N3O4.C18H23NO3.C17H21N3O2.C9H13NO2.C9H10O2.C8H10N2O2/c1-17-19(7-6-8-24(17)32-4)15-29(16-20-11-12-21(31-3)13-25(20)33-5)26(30)23-14-22(18-9-10-18)27-28(23)2;1-13-14(6-5-7-17(13)21-3)11-19-12-15-8-9-16(20-2)10-18(15)22-4;1-11-13(5-4-6-16(11)22-3)10-18-17(21)15-9-14(12-7-8-12)19-20(15)2;1-11-8-4-3-7(6-10)9(5-8)12-2;1-7-8(6-10)4-3-5-9(7)11-2;1-10-7(8(11)12)4-6(9-10)5-2-3-5/h6-8,11-14,18H,9-10,15-16H2,1-5H3;5-10,19H,11-12H2,1-4H3;4-6,9,12H,7-8,10H2,1-3H3,(H,18,21);3-5H,6,10H2,1-2H3;3-6H,1-2H3;4-5H,2-3H2,1H3,(H,11,12). The van der Waals surface area contributed by atoms with Crippen LogP contribution in [0, 0.1) is 27.7 Å². The molecule has 0 aliphatic heterocycles. The fourth-order valence-electron chi connectivity index (χ4n) is 12.4. The molecule has 25 heteroatoms. The highest BCUT2D eigenvalue weighted by Gasteiger charge is 2.32. The Hall–Kier alpha value is -11.8. The molecule has 0 radical (unpaired) electrons. The fourth-order valence-corrected chi connectivity index (χ4v) is 12.4. The molecule has 0 spiro atoms. The number of benzene rings is 7. The van der Waals surface area contributed by atoms with E-state index in [0.717, 1.165) is 153 Å². The van der Waals surface area contributed by atoms with Crippen LogP contribution in [0.15, 0.2) is 146 Å². The third kappa shape index (κ3) is 23.4. The SMILES string of the molecule is COc1ccc(CN(Cc2cccc(OC)c2C)C(=O)c2cc(C3CC3)nn2C)c(OC)c1.COc1ccc(CN)c(OC)c1.COc1ccc(CNCc2cccc(OC)c2C)c(OC)c1.COc1cccc(C=O)c1C.COc1cccc(CNC(=O)c2cc(C3CC3)nn2C)c1C.Cn1nc(C2CC2)cc1C(=O)O. The predicted octanol–water partition coefficient (Wildman–Crippen LogP) is 14.3. The van der Waals surface area contributed by atoms with Crippen molar-refractivity contribution >= 4 is 24.1 Å². The van der Waals surface area contributed by atoms with E-state index in [4.69, 9.17) is 58.2 Å². The largest absolute Gasteiger partial charge is 0.497 e. The Labute approximate surface area is 657 Å². The normalized spacial score (nSPS) is 12.3. The lowest BCUT2D eigenvalue weighted by atomic mass is 10.1. The van der Waals surface area contributed by atoms with Crippen LogP contribution in [0.4, 0.5) is 0 Å². The third-order valence-electron chi connectivity index (χ3n) is 19.7. The Morgan fingerprint density at radius 1 is 0.429 bits per heavy atom. The summed E-state index contributed by atoms with van der Waals surface area (Å²) >= 11 is 0. The lowest BCUT2D eigenvalue weighted by molar-refractivity contribution is 0.0682. The molecule has 112 heavy (non-hydrogen) atoms. The highest BCUT2D eigenvalue weighted by molar-refractivity contribution is 5.93. The van der Waals surface area contributed by atoms with Crippen LogP contribution in [-0.4, -0.2) is 135 Å². The van der Waals surface area contributed by atoms with Crippen molar-refractivity contribution in [3.63, 3.8) is 0 Å². The molecule has 13 rings (SSSR count). The summed E-state index contributed by atoms with van der Waals surface area (Å²) in [5, 5.41) is 28.3. The molecule has 3 aromatic heterocycles. The number of methoxy groups -OCH3 is 10. The van der Waals surface area contributed by atoms with Crippen LogP contribution in [0.3, 0.4) is 0 Å². The molecule has 0 unspecified atom stereocenters. The number of carboxylic acid groups (broad SMARTS) is 1. The van der Waals surface area contributed by atoms with Crippen molar-refractivity contribution in [2.24, 2.45) is 26.9 Å². The van der Waals surface area contributed by atoms with Crippen molar-refractivity contribution in [3.05, 3.63) is 241 Å². The Balaban J connectivity index is 0.000000177. The van der Waals surface area contributed by atoms with Gasteiger partial charge >= 0.3 is 5.97 Å². The number of nitrogens with one attached hydrogen (secondary N) is 2. The van der Waals surface area contributed by atoms with Gasteiger partial charge in [0.2, 0.25) is 0 Å². The van der Waals surface area contributed by atoms with Gasteiger partial charge in [0.15, 0.2) is 0 Å². The number of aromatic carboxylic acids is 1. The zero-order chi connectivity index (χ0) is 81.1. The molecule has 0 bridgehead atoms. The van der Waals surface area contributed by atoms with Gasteiger partial charge in [-0.05, 0) is 166 Å². The summed E-state index contributed by atoms with van der Waals surface area (Å²) in [6.45, 7) is 11.2. The van der Waals surface area contributed by atoms with E-state index in [1.54, 1.807) is 106 Å². The monoisotopic (exact) mass is 1530 g/mol. The third-order valence-corrected chi connectivity index (χ3v) is 19.7. The highest BCUT2D eigenvalue weighted by Crippen LogP contribution is 2.42. The van der Waals surface area contributed by atoms with Gasteiger partial charge in [0.1, 0.15) is 80.9 Å². The minimum atomic E-state index is -0.906. The van der Waals surface area contributed by atoms with E-state index >= 15 is 0 Å². The number of carbonyl (C=O) groups excluding carboxylic acids is 3. The summed E-state index contributed by atoms with van der Waals surface area (Å²) in [5.41, 5.74) is 21.0. The van der Waals surface area contributed by atoms with Gasteiger partial charge < -0.3 is 73.7 Å². The van der Waals surface area contributed by atoms with Crippen molar-refractivity contribution in [2.45, 2.75) is 123 Å². The molecule has 3 aliphatic carbocycles. The average molecular weight is 1530 g/mol. The second-order valence-electron chi connectivity index (χ2n) is 27.1. The first-order chi connectivity index (χ1) is 54.0. The van der Waals surface area contributed by atoms with Crippen LogP contribution in [0.25, 0.3) is 0 Å². The molecule has 3 heterocycles. The van der Waals surface area contributed by atoms with E-state index in [9.17, 15) is 19.2 Å². The van der Waals surface area contributed by atoms with Crippen LogP contribution in [0.5, 0.6) is 57.5 Å². The number of nitrogens with two attached hydrogens (primary N) is 1. The number of hydrogen-bond donors (Lipinski definition) is 4. The Morgan fingerprint density at radius 2 is 0.786 bits per heavy atom. The van der Waals surface area contributed by atoms with Crippen molar-refractivity contribution in [1.82, 2.24) is 44.9 Å². The van der Waals surface area contributed by atoms with Gasteiger partial charge in [-0.2, -0.15) is 15.3 Å². The quantitative estimate of drug-likeness (QED) is 0.0331. The summed E-state index contributed by atoms with van der Waals surface area (Å²) in [5.74, 6) is 8.36. The Bertz CT molecular complexity index is 4780. The van der Waals surface area contributed by atoms with Gasteiger partial charge in [-0.3, -0.25) is 28.4 Å². The van der Waals surface area contributed by atoms with Gasteiger partial charge in [0.25, 0.3) is 11.8 Å². The van der Waals surface area contributed by atoms with Crippen LogP contribution in [0.1, 0.15) is 171 Å². The Morgan fingerprint density at radius 3 is 1.21 bits per heavy atom.